The van der Waals surface area contributed by atoms with Crippen molar-refractivity contribution in [2.24, 2.45) is 0 Å². The van der Waals surface area contributed by atoms with Crippen LogP contribution in [0, 0.1) is 0 Å². The Labute approximate surface area is 126 Å². The zero-order chi connectivity index (χ0) is 14.5. The highest BCUT2D eigenvalue weighted by molar-refractivity contribution is 6.35. The van der Waals surface area contributed by atoms with Crippen molar-refractivity contribution in [2.45, 2.75) is 13.2 Å². The number of esters is 1. The molecule has 0 fully saturated rings. The zero-order valence-electron chi connectivity index (χ0n) is 10.5. The number of carbonyl (C=O) groups is 1. The van der Waals surface area contributed by atoms with Gasteiger partial charge in [0.1, 0.15) is 6.61 Å². The molecule has 0 aliphatic rings. The molecular formula is C15H12Cl2O3. The van der Waals surface area contributed by atoms with Crippen LogP contribution in [0.2, 0.25) is 10.0 Å². The van der Waals surface area contributed by atoms with Crippen LogP contribution >= 0.6 is 23.2 Å². The summed E-state index contributed by atoms with van der Waals surface area (Å²) in [5.74, 6) is -0.467. The second kappa shape index (κ2) is 6.75. The molecule has 20 heavy (non-hydrogen) atoms. The lowest BCUT2D eigenvalue weighted by atomic mass is 10.1. The van der Waals surface area contributed by atoms with Gasteiger partial charge < -0.3 is 9.84 Å². The maximum atomic E-state index is 11.9. The summed E-state index contributed by atoms with van der Waals surface area (Å²) in [5.41, 5.74) is 1.72. The summed E-state index contributed by atoms with van der Waals surface area (Å²) in [5, 5.41) is 9.85. The Balaban J connectivity index is 2.04. The van der Waals surface area contributed by atoms with E-state index in [1.54, 1.807) is 42.5 Å². The van der Waals surface area contributed by atoms with E-state index in [0.717, 1.165) is 5.56 Å². The van der Waals surface area contributed by atoms with Gasteiger partial charge in [0.25, 0.3) is 0 Å². The van der Waals surface area contributed by atoms with Gasteiger partial charge in [-0.1, -0.05) is 41.4 Å². The Bertz CT molecular complexity index is 589. The van der Waals surface area contributed by atoms with Crippen LogP contribution in [-0.4, -0.2) is 11.1 Å². The molecule has 0 aliphatic heterocycles. The molecule has 0 heterocycles. The minimum absolute atomic E-state index is 0.0130. The summed E-state index contributed by atoms with van der Waals surface area (Å²) < 4.78 is 5.18. The van der Waals surface area contributed by atoms with Crippen LogP contribution in [0.3, 0.4) is 0 Å². The van der Waals surface area contributed by atoms with Gasteiger partial charge in [0.15, 0.2) is 0 Å². The quantitative estimate of drug-likeness (QED) is 0.873. The molecule has 2 aromatic rings. The molecule has 5 heteroatoms. The number of aliphatic hydroxyl groups excluding tert-OH is 1. The molecule has 0 radical (unpaired) electrons. The number of benzene rings is 2. The van der Waals surface area contributed by atoms with E-state index >= 15 is 0 Å². The number of halogens is 2. The minimum Gasteiger partial charge on any atom is -0.457 e. The van der Waals surface area contributed by atoms with Crippen molar-refractivity contribution in [1.29, 1.82) is 0 Å². The van der Waals surface area contributed by atoms with E-state index in [4.69, 9.17) is 33.0 Å². The van der Waals surface area contributed by atoms with Crippen LogP contribution in [0.5, 0.6) is 0 Å². The summed E-state index contributed by atoms with van der Waals surface area (Å²) in [6.45, 7) is -0.0519. The zero-order valence-corrected chi connectivity index (χ0v) is 12.0. The molecule has 0 saturated carbocycles. The topological polar surface area (TPSA) is 46.5 Å². The van der Waals surface area contributed by atoms with Crippen LogP contribution in [0.15, 0.2) is 42.5 Å². The van der Waals surface area contributed by atoms with Gasteiger partial charge in [-0.15, -0.1) is 0 Å². The molecule has 2 rings (SSSR count). The van der Waals surface area contributed by atoms with Gasteiger partial charge in [-0.25, -0.2) is 4.79 Å². The molecule has 1 N–H and O–H groups in total. The first kappa shape index (κ1) is 14.9. The van der Waals surface area contributed by atoms with Crippen LogP contribution in [0.1, 0.15) is 21.5 Å². The molecule has 3 nitrogen and oxygen atoms in total. The Morgan fingerprint density at radius 2 is 1.65 bits per heavy atom. The SMILES string of the molecule is O=C(OCc1c(Cl)cccc1Cl)c1ccc(CO)cc1. The monoisotopic (exact) mass is 310 g/mol. The third-order valence-electron chi connectivity index (χ3n) is 2.78. The lowest BCUT2D eigenvalue weighted by Crippen LogP contribution is -2.06. The second-order valence-corrected chi connectivity index (χ2v) is 4.95. The van der Waals surface area contributed by atoms with Crippen molar-refractivity contribution in [1.82, 2.24) is 0 Å². The fourth-order valence-electron chi connectivity index (χ4n) is 1.64. The highest BCUT2D eigenvalue weighted by Gasteiger charge is 2.11. The van der Waals surface area contributed by atoms with Gasteiger partial charge in [-0.2, -0.15) is 0 Å². The Hall–Kier alpha value is -1.55. The van der Waals surface area contributed by atoms with Gasteiger partial charge in [-0.05, 0) is 29.8 Å². The van der Waals surface area contributed by atoms with Crippen molar-refractivity contribution in [3.63, 3.8) is 0 Å². The van der Waals surface area contributed by atoms with E-state index in [0.29, 0.717) is 21.2 Å². The van der Waals surface area contributed by atoms with Gasteiger partial charge in [0.2, 0.25) is 0 Å². The first-order valence-electron chi connectivity index (χ1n) is 5.91. The molecule has 0 saturated heterocycles. The van der Waals surface area contributed by atoms with Gasteiger partial charge in [0.05, 0.1) is 12.2 Å². The fourth-order valence-corrected chi connectivity index (χ4v) is 2.14. The van der Waals surface area contributed by atoms with Crippen LogP contribution in [0.25, 0.3) is 0 Å². The molecule has 0 amide bonds. The van der Waals surface area contributed by atoms with Crippen LogP contribution < -0.4 is 0 Å². The molecule has 0 bridgehead atoms. The minimum atomic E-state index is -0.467. The largest absolute Gasteiger partial charge is 0.457 e. The van der Waals surface area contributed by atoms with Crippen molar-refractivity contribution >= 4 is 29.2 Å². The average molecular weight is 311 g/mol. The highest BCUT2D eigenvalue weighted by Crippen LogP contribution is 2.25. The number of hydrogen-bond acceptors (Lipinski definition) is 3. The molecular weight excluding hydrogens is 299 g/mol. The summed E-state index contributed by atoms with van der Waals surface area (Å²) >= 11 is 12.0. The highest BCUT2D eigenvalue weighted by atomic mass is 35.5. The van der Waals surface area contributed by atoms with Gasteiger partial charge in [-0.3, -0.25) is 0 Å². The number of carbonyl (C=O) groups excluding carboxylic acids is 1. The number of hydrogen-bond donors (Lipinski definition) is 1. The summed E-state index contributed by atoms with van der Waals surface area (Å²) in [6, 6.07) is 11.6. The fraction of sp³-hybridized carbons (Fsp3) is 0.133. The number of aliphatic hydroxyl groups is 1. The Morgan fingerprint density at radius 1 is 1.05 bits per heavy atom. The first-order valence-corrected chi connectivity index (χ1v) is 6.67. The summed E-state index contributed by atoms with van der Waals surface area (Å²) in [6.07, 6.45) is 0. The first-order chi connectivity index (χ1) is 9.61. The van der Waals surface area contributed by atoms with Crippen molar-refractivity contribution in [2.75, 3.05) is 0 Å². The number of ether oxygens (including phenoxy) is 1. The third kappa shape index (κ3) is 3.51. The molecule has 0 aromatic heterocycles. The predicted molar refractivity (Wildman–Crippen MR) is 77.9 cm³/mol. The van der Waals surface area contributed by atoms with Crippen molar-refractivity contribution in [3.05, 3.63) is 69.2 Å². The van der Waals surface area contributed by atoms with Gasteiger partial charge in [0, 0.05) is 15.6 Å². The molecule has 0 unspecified atom stereocenters. The van der Waals surface area contributed by atoms with E-state index in [9.17, 15) is 4.79 Å². The molecule has 2 aromatic carbocycles. The molecule has 104 valence electrons. The third-order valence-corrected chi connectivity index (χ3v) is 3.49. The van der Waals surface area contributed by atoms with E-state index < -0.39 is 5.97 Å². The van der Waals surface area contributed by atoms with Crippen molar-refractivity contribution < 1.29 is 14.6 Å². The van der Waals surface area contributed by atoms with Crippen molar-refractivity contribution in [3.8, 4) is 0 Å². The van der Waals surface area contributed by atoms with Crippen LogP contribution in [-0.2, 0) is 18.0 Å². The van der Waals surface area contributed by atoms with Crippen LogP contribution in [0.4, 0.5) is 0 Å². The maximum absolute atomic E-state index is 11.9. The molecule has 0 aliphatic carbocycles. The number of rotatable bonds is 4. The lowest BCUT2D eigenvalue weighted by Gasteiger charge is -2.08. The molecule has 0 atom stereocenters. The van der Waals surface area contributed by atoms with E-state index in [-0.39, 0.29) is 13.2 Å². The lowest BCUT2D eigenvalue weighted by molar-refractivity contribution is 0.0473. The predicted octanol–water partition coefficient (Wildman–Crippen LogP) is 3.84. The van der Waals surface area contributed by atoms with E-state index in [2.05, 4.69) is 0 Å². The summed E-state index contributed by atoms with van der Waals surface area (Å²) in [4.78, 5) is 11.9. The summed E-state index contributed by atoms with van der Waals surface area (Å²) in [7, 11) is 0. The Kier molecular flexibility index (Phi) is 5.01. The maximum Gasteiger partial charge on any atom is 0.338 e. The Morgan fingerprint density at radius 3 is 2.20 bits per heavy atom. The van der Waals surface area contributed by atoms with Gasteiger partial charge >= 0.3 is 5.97 Å². The second-order valence-electron chi connectivity index (χ2n) is 4.13. The van der Waals surface area contributed by atoms with E-state index in [1.165, 1.54) is 0 Å². The normalized spacial score (nSPS) is 10.3. The standard InChI is InChI=1S/C15H12Cl2O3/c16-13-2-1-3-14(17)12(13)9-20-15(19)11-6-4-10(8-18)5-7-11/h1-7,18H,8-9H2. The average Bonchev–Trinajstić information content (AvgIpc) is 2.46. The smallest absolute Gasteiger partial charge is 0.338 e. The molecule has 0 spiro atoms. The van der Waals surface area contributed by atoms with E-state index in [1.807, 2.05) is 0 Å².